The largest absolute Gasteiger partial charge is 0.493 e. The van der Waals surface area contributed by atoms with Gasteiger partial charge in [0.15, 0.2) is 11.5 Å². The number of carboxylic acids is 2. The Hall–Kier alpha value is -4.11. The summed E-state index contributed by atoms with van der Waals surface area (Å²) in [6, 6.07) is 15.9. The van der Waals surface area contributed by atoms with E-state index >= 15 is 0 Å². The Morgan fingerprint density at radius 1 is 0.914 bits per heavy atom. The number of methoxy groups -OCH3 is 1. The van der Waals surface area contributed by atoms with Gasteiger partial charge in [-0.05, 0) is 43.2 Å². The molecule has 0 spiro atoms. The van der Waals surface area contributed by atoms with Gasteiger partial charge in [0.05, 0.1) is 20.3 Å². The van der Waals surface area contributed by atoms with Gasteiger partial charge >= 0.3 is 11.9 Å². The van der Waals surface area contributed by atoms with Gasteiger partial charge in [0.2, 0.25) is 0 Å². The Labute approximate surface area is 203 Å². The second-order valence-electron chi connectivity index (χ2n) is 7.18. The third kappa shape index (κ3) is 8.98. The van der Waals surface area contributed by atoms with Gasteiger partial charge in [-0.3, -0.25) is 0 Å². The van der Waals surface area contributed by atoms with Gasteiger partial charge in [-0.25, -0.2) is 14.6 Å². The molecule has 0 atom stereocenters. The van der Waals surface area contributed by atoms with Gasteiger partial charge in [0.25, 0.3) is 0 Å². The van der Waals surface area contributed by atoms with Crippen LogP contribution in [0.3, 0.4) is 0 Å². The first-order valence-electron chi connectivity index (χ1n) is 10.8. The van der Waals surface area contributed by atoms with E-state index < -0.39 is 11.9 Å². The zero-order valence-corrected chi connectivity index (χ0v) is 19.7. The van der Waals surface area contributed by atoms with E-state index in [1.165, 1.54) is 0 Å². The van der Waals surface area contributed by atoms with Crippen molar-refractivity contribution in [3.05, 3.63) is 72.4 Å². The molecule has 3 rings (SSSR count). The first-order chi connectivity index (χ1) is 16.8. The molecule has 0 amide bonds. The lowest BCUT2D eigenvalue weighted by atomic mass is 10.1. The summed E-state index contributed by atoms with van der Waals surface area (Å²) in [5, 5.41) is 15.8. The van der Waals surface area contributed by atoms with E-state index in [0.29, 0.717) is 37.9 Å². The molecular formula is C26H29NO8. The van der Waals surface area contributed by atoms with Crippen LogP contribution in [0.1, 0.15) is 11.3 Å². The highest BCUT2D eigenvalue weighted by Gasteiger charge is 2.06. The van der Waals surface area contributed by atoms with E-state index in [0.717, 1.165) is 34.3 Å². The summed E-state index contributed by atoms with van der Waals surface area (Å²) in [5.74, 6) is -1.45. The van der Waals surface area contributed by atoms with Crippen LogP contribution in [-0.4, -0.2) is 60.7 Å². The first-order valence-corrected chi connectivity index (χ1v) is 10.8. The Kier molecular flexibility index (Phi) is 11.0. The highest BCUT2D eigenvalue weighted by atomic mass is 16.6. The minimum atomic E-state index is -1.82. The molecule has 186 valence electrons. The van der Waals surface area contributed by atoms with Crippen LogP contribution in [0.15, 0.2) is 61.2 Å². The number of nitrogens with zero attached hydrogens (tertiary/aromatic N) is 1. The molecule has 0 fully saturated rings. The molecule has 0 saturated carbocycles. The van der Waals surface area contributed by atoms with Crippen LogP contribution in [0.5, 0.6) is 17.2 Å². The standard InChI is InChI=1S/C24H27NO4.C2H2O4/c1-4-6-19-10-12-21(23(17-19)26-3)28-15-13-27-14-16-29-22-8-5-7-20-11-9-18(2)25-24(20)22;3-1(4)2(5)6/h4-5,7-12,17H,1,6,13-16H2,2-3H3;(H,3,4)(H,5,6). The van der Waals surface area contributed by atoms with Gasteiger partial charge in [0, 0.05) is 11.1 Å². The number of rotatable bonds is 11. The Bertz CT molecular complexity index is 1130. The molecule has 3 aromatic rings. The molecule has 2 N–H and O–H groups in total. The second-order valence-corrected chi connectivity index (χ2v) is 7.18. The number of carbonyl (C=O) groups is 2. The topological polar surface area (TPSA) is 124 Å². The number of aryl methyl sites for hydroxylation is 1. The fourth-order valence-electron chi connectivity index (χ4n) is 2.98. The SMILES string of the molecule is C=CCc1ccc(OCCOCCOc2cccc3ccc(C)nc23)c(OC)c1.O=C(O)C(=O)O. The van der Waals surface area contributed by atoms with Gasteiger partial charge in [-0.15, -0.1) is 6.58 Å². The monoisotopic (exact) mass is 483 g/mol. The van der Waals surface area contributed by atoms with Crippen molar-refractivity contribution in [3.8, 4) is 17.2 Å². The molecule has 35 heavy (non-hydrogen) atoms. The molecule has 9 nitrogen and oxygen atoms in total. The van der Waals surface area contributed by atoms with Crippen molar-refractivity contribution in [1.82, 2.24) is 4.98 Å². The third-order valence-electron chi connectivity index (χ3n) is 4.58. The highest BCUT2D eigenvalue weighted by Crippen LogP contribution is 2.28. The van der Waals surface area contributed by atoms with E-state index in [1.54, 1.807) is 7.11 Å². The lowest BCUT2D eigenvalue weighted by Crippen LogP contribution is -2.12. The number of ether oxygens (including phenoxy) is 4. The predicted molar refractivity (Wildman–Crippen MR) is 130 cm³/mol. The first kappa shape index (κ1) is 27.1. The van der Waals surface area contributed by atoms with Crippen LogP contribution in [0, 0.1) is 6.92 Å². The van der Waals surface area contributed by atoms with E-state index in [1.807, 2.05) is 55.5 Å². The maximum absolute atomic E-state index is 9.10. The molecular weight excluding hydrogens is 454 g/mol. The van der Waals surface area contributed by atoms with Crippen LogP contribution < -0.4 is 14.2 Å². The van der Waals surface area contributed by atoms with E-state index in [4.69, 9.17) is 38.7 Å². The Morgan fingerprint density at radius 3 is 2.23 bits per heavy atom. The lowest BCUT2D eigenvalue weighted by Gasteiger charge is -2.12. The number of fused-ring (bicyclic) bond motifs is 1. The average Bonchev–Trinajstić information content (AvgIpc) is 2.84. The molecule has 0 bridgehead atoms. The molecule has 0 aliphatic heterocycles. The van der Waals surface area contributed by atoms with Gasteiger partial charge in [-0.2, -0.15) is 0 Å². The van der Waals surface area contributed by atoms with Crippen LogP contribution in [0.2, 0.25) is 0 Å². The predicted octanol–water partition coefficient (Wildman–Crippen LogP) is 3.91. The quantitative estimate of drug-likeness (QED) is 0.237. The van der Waals surface area contributed by atoms with E-state index in [2.05, 4.69) is 17.6 Å². The highest BCUT2D eigenvalue weighted by molar-refractivity contribution is 6.27. The van der Waals surface area contributed by atoms with Gasteiger partial charge in [0.1, 0.15) is 24.5 Å². The van der Waals surface area contributed by atoms with Crippen molar-refractivity contribution in [2.24, 2.45) is 0 Å². The fraction of sp³-hybridized carbons (Fsp3) is 0.269. The molecule has 1 aromatic heterocycles. The summed E-state index contributed by atoms with van der Waals surface area (Å²) in [6.45, 7) is 7.56. The number of aliphatic carboxylic acids is 2. The smallest absolute Gasteiger partial charge is 0.414 e. The van der Waals surface area contributed by atoms with Crippen molar-refractivity contribution in [2.45, 2.75) is 13.3 Å². The van der Waals surface area contributed by atoms with Crippen LogP contribution in [0.25, 0.3) is 10.9 Å². The zero-order valence-electron chi connectivity index (χ0n) is 19.7. The number of aromatic nitrogens is 1. The van der Waals surface area contributed by atoms with Crippen LogP contribution in [0.4, 0.5) is 0 Å². The summed E-state index contributed by atoms with van der Waals surface area (Å²) in [5.41, 5.74) is 2.98. The van der Waals surface area contributed by atoms with Crippen molar-refractivity contribution in [2.75, 3.05) is 33.5 Å². The average molecular weight is 484 g/mol. The number of pyridine rings is 1. The zero-order chi connectivity index (χ0) is 25.6. The minimum absolute atomic E-state index is 0.437. The number of hydrogen-bond acceptors (Lipinski definition) is 7. The molecule has 1 heterocycles. The van der Waals surface area contributed by atoms with Crippen molar-refractivity contribution in [3.63, 3.8) is 0 Å². The van der Waals surface area contributed by atoms with Gasteiger partial charge in [-0.1, -0.05) is 30.3 Å². The molecule has 9 heteroatoms. The lowest BCUT2D eigenvalue weighted by molar-refractivity contribution is -0.159. The summed E-state index contributed by atoms with van der Waals surface area (Å²) in [6.07, 6.45) is 2.66. The second kappa shape index (κ2) is 14.2. The maximum atomic E-state index is 9.10. The van der Waals surface area contributed by atoms with E-state index in [9.17, 15) is 0 Å². The molecule has 2 aromatic carbocycles. The summed E-state index contributed by atoms with van der Waals surface area (Å²) >= 11 is 0. The minimum Gasteiger partial charge on any atom is -0.493 e. The fourth-order valence-corrected chi connectivity index (χ4v) is 2.98. The molecule has 0 unspecified atom stereocenters. The van der Waals surface area contributed by atoms with Gasteiger partial charge < -0.3 is 29.2 Å². The van der Waals surface area contributed by atoms with E-state index in [-0.39, 0.29) is 0 Å². The molecule has 0 radical (unpaired) electrons. The number of benzene rings is 2. The molecule has 0 aliphatic rings. The van der Waals surface area contributed by atoms with Crippen molar-refractivity contribution >= 4 is 22.8 Å². The molecule has 0 saturated heterocycles. The summed E-state index contributed by atoms with van der Waals surface area (Å²) < 4.78 is 22.6. The molecule has 0 aliphatic carbocycles. The van der Waals surface area contributed by atoms with Crippen LogP contribution >= 0.6 is 0 Å². The number of allylic oxidation sites excluding steroid dienone is 1. The maximum Gasteiger partial charge on any atom is 0.414 e. The third-order valence-corrected chi connectivity index (χ3v) is 4.58. The normalized spacial score (nSPS) is 10.1. The Morgan fingerprint density at radius 2 is 1.60 bits per heavy atom. The number of para-hydroxylation sites is 1. The van der Waals surface area contributed by atoms with Crippen molar-refractivity contribution < 1.29 is 38.7 Å². The summed E-state index contributed by atoms with van der Waals surface area (Å²) in [4.78, 5) is 22.8. The Balaban J connectivity index is 0.000000641. The summed E-state index contributed by atoms with van der Waals surface area (Å²) in [7, 11) is 1.64. The van der Waals surface area contributed by atoms with Crippen LogP contribution in [-0.2, 0) is 20.7 Å². The number of carboxylic acid groups (broad SMARTS) is 2. The number of hydrogen-bond donors (Lipinski definition) is 2. The van der Waals surface area contributed by atoms with Crippen molar-refractivity contribution in [1.29, 1.82) is 0 Å².